The van der Waals surface area contributed by atoms with Crippen molar-refractivity contribution in [3.8, 4) is 6.07 Å². The van der Waals surface area contributed by atoms with Gasteiger partial charge in [-0.15, -0.1) is 0 Å². The summed E-state index contributed by atoms with van der Waals surface area (Å²) in [5.41, 5.74) is 0.701. The average molecular weight is 187 g/mol. The van der Waals surface area contributed by atoms with Crippen LogP contribution in [-0.2, 0) is 4.74 Å². The van der Waals surface area contributed by atoms with E-state index in [0.717, 1.165) is 0 Å². The molecule has 3 heteroatoms. The summed E-state index contributed by atoms with van der Waals surface area (Å²) in [4.78, 5) is 11.3. The molecule has 70 valence electrons. The van der Waals surface area contributed by atoms with E-state index in [2.05, 4.69) is 6.58 Å². The molecule has 0 saturated carbocycles. The van der Waals surface area contributed by atoms with Gasteiger partial charge in [0.2, 0.25) is 0 Å². The standard InChI is InChI=1S/C11H9NO2/c1-9(7-12)8-14-11(13)10-5-3-2-4-6-10/h2-6H,1,8H2. The number of esters is 1. The molecule has 0 bridgehead atoms. The Labute approximate surface area is 82.2 Å². The van der Waals surface area contributed by atoms with Gasteiger partial charge in [-0.05, 0) is 12.1 Å². The molecule has 0 aliphatic heterocycles. The van der Waals surface area contributed by atoms with E-state index in [4.69, 9.17) is 10.00 Å². The van der Waals surface area contributed by atoms with E-state index in [-0.39, 0.29) is 12.2 Å². The van der Waals surface area contributed by atoms with Crippen LogP contribution in [0.15, 0.2) is 42.5 Å². The molecule has 0 aliphatic carbocycles. The molecule has 0 N–H and O–H groups in total. The molecule has 0 aliphatic rings. The minimum absolute atomic E-state index is 0.0514. The fourth-order valence-electron chi connectivity index (χ4n) is 0.843. The largest absolute Gasteiger partial charge is 0.456 e. The molecule has 1 aromatic rings. The van der Waals surface area contributed by atoms with Crippen LogP contribution in [-0.4, -0.2) is 12.6 Å². The Morgan fingerprint density at radius 1 is 1.43 bits per heavy atom. The fraction of sp³-hybridized carbons (Fsp3) is 0.0909. The van der Waals surface area contributed by atoms with E-state index < -0.39 is 5.97 Å². The minimum atomic E-state index is -0.443. The van der Waals surface area contributed by atoms with E-state index in [9.17, 15) is 4.79 Å². The van der Waals surface area contributed by atoms with Crippen molar-refractivity contribution in [2.24, 2.45) is 0 Å². The summed E-state index contributed by atoms with van der Waals surface area (Å²) in [6.45, 7) is 3.35. The van der Waals surface area contributed by atoms with E-state index >= 15 is 0 Å². The Hall–Kier alpha value is -2.08. The van der Waals surface area contributed by atoms with Crippen LogP contribution in [0.3, 0.4) is 0 Å². The molecule has 0 saturated heterocycles. The molecule has 0 heterocycles. The van der Waals surface area contributed by atoms with Crippen LogP contribution in [0.2, 0.25) is 0 Å². The predicted octanol–water partition coefficient (Wildman–Crippen LogP) is 1.92. The topological polar surface area (TPSA) is 50.1 Å². The molecule has 0 radical (unpaired) electrons. The Morgan fingerprint density at radius 3 is 2.64 bits per heavy atom. The zero-order chi connectivity index (χ0) is 10.4. The Kier molecular flexibility index (Phi) is 3.45. The van der Waals surface area contributed by atoms with Crippen molar-refractivity contribution in [3.05, 3.63) is 48.0 Å². The first-order valence-electron chi connectivity index (χ1n) is 4.04. The first kappa shape index (κ1) is 10.0. The predicted molar refractivity (Wildman–Crippen MR) is 51.5 cm³/mol. The lowest BCUT2D eigenvalue weighted by molar-refractivity contribution is 0.0544. The van der Waals surface area contributed by atoms with Crippen LogP contribution in [0.4, 0.5) is 0 Å². The highest BCUT2D eigenvalue weighted by Gasteiger charge is 2.05. The summed E-state index contributed by atoms with van der Waals surface area (Å²) >= 11 is 0. The van der Waals surface area contributed by atoms with Crippen LogP contribution in [0.25, 0.3) is 0 Å². The molecule has 3 nitrogen and oxygen atoms in total. The van der Waals surface area contributed by atoms with Gasteiger partial charge in [0.1, 0.15) is 6.61 Å². The number of hydrogen-bond acceptors (Lipinski definition) is 3. The summed E-state index contributed by atoms with van der Waals surface area (Å²) in [7, 11) is 0. The number of ether oxygens (including phenoxy) is 1. The average Bonchev–Trinajstić information content (AvgIpc) is 2.26. The second kappa shape index (κ2) is 4.83. The lowest BCUT2D eigenvalue weighted by atomic mass is 10.2. The van der Waals surface area contributed by atoms with Crippen LogP contribution >= 0.6 is 0 Å². The van der Waals surface area contributed by atoms with Gasteiger partial charge in [0.15, 0.2) is 0 Å². The lowest BCUT2D eigenvalue weighted by Gasteiger charge is -2.01. The smallest absolute Gasteiger partial charge is 0.338 e. The SMILES string of the molecule is C=C(C#N)COC(=O)c1ccccc1. The molecule has 0 aromatic heterocycles. The fourth-order valence-corrected chi connectivity index (χ4v) is 0.843. The number of rotatable bonds is 3. The normalized spacial score (nSPS) is 8.79. The van der Waals surface area contributed by atoms with Gasteiger partial charge in [-0.2, -0.15) is 5.26 Å². The van der Waals surface area contributed by atoms with Gasteiger partial charge < -0.3 is 4.74 Å². The highest BCUT2D eigenvalue weighted by molar-refractivity contribution is 5.89. The third kappa shape index (κ3) is 2.76. The third-order valence-corrected chi connectivity index (χ3v) is 1.55. The van der Waals surface area contributed by atoms with Gasteiger partial charge in [-0.1, -0.05) is 24.8 Å². The quantitative estimate of drug-likeness (QED) is 0.536. The second-order valence-electron chi connectivity index (χ2n) is 2.66. The maximum atomic E-state index is 11.3. The number of nitriles is 1. The van der Waals surface area contributed by atoms with Crippen molar-refractivity contribution < 1.29 is 9.53 Å². The summed E-state index contributed by atoms with van der Waals surface area (Å²) < 4.78 is 4.82. The number of nitrogens with zero attached hydrogens (tertiary/aromatic N) is 1. The molecule has 1 aromatic carbocycles. The Bertz CT molecular complexity index is 376. The summed E-state index contributed by atoms with van der Waals surface area (Å²) in [5, 5.41) is 8.38. The van der Waals surface area contributed by atoms with Crippen molar-refractivity contribution in [2.75, 3.05) is 6.61 Å². The molecule has 14 heavy (non-hydrogen) atoms. The second-order valence-corrected chi connectivity index (χ2v) is 2.66. The Morgan fingerprint density at radius 2 is 2.07 bits per heavy atom. The highest BCUT2D eigenvalue weighted by atomic mass is 16.5. The zero-order valence-electron chi connectivity index (χ0n) is 7.56. The van der Waals surface area contributed by atoms with E-state index in [1.54, 1.807) is 30.3 Å². The van der Waals surface area contributed by atoms with E-state index in [0.29, 0.717) is 5.56 Å². The first-order chi connectivity index (χ1) is 6.74. The molecule has 0 fully saturated rings. The van der Waals surface area contributed by atoms with Crippen molar-refractivity contribution >= 4 is 5.97 Å². The number of benzene rings is 1. The van der Waals surface area contributed by atoms with Crippen LogP contribution in [0, 0.1) is 11.3 Å². The van der Waals surface area contributed by atoms with Gasteiger partial charge in [0, 0.05) is 0 Å². The highest BCUT2D eigenvalue weighted by Crippen LogP contribution is 2.01. The van der Waals surface area contributed by atoms with E-state index in [1.165, 1.54) is 0 Å². The zero-order valence-corrected chi connectivity index (χ0v) is 7.56. The maximum absolute atomic E-state index is 11.3. The number of hydrogen-bond donors (Lipinski definition) is 0. The van der Waals surface area contributed by atoms with Crippen LogP contribution in [0.5, 0.6) is 0 Å². The minimum Gasteiger partial charge on any atom is -0.456 e. The first-order valence-corrected chi connectivity index (χ1v) is 4.04. The molecule has 1 rings (SSSR count). The molecular formula is C11H9NO2. The van der Waals surface area contributed by atoms with Gasteiger partial charge in [0.05, 0.1) is 17.2 Å². The summed E-state index contributed by atoms with van der Waals surface area (Å²) in [6.07, 6.45) is 0. The van der Waals surface area contributed by atoms with Crippen molar-refractivity contribution in [1.29, 1.82) is 5.26 Å². The molecule has 0 amide bonds. The van der Waals surface area contributed by atoms with Gasteiger partial charge >= 0.3 is 5.97 Å². The van der Waals surface area contributed by atoms with E-state index in [1.807, 2.05) is 6.07 Å². The molecule has 0 atom stereocenters. The van der Waals surface area contributed by atoms with Crippen LogP contribution < -0.4 is 0 Å². The monoisotopic (exact) mass is 187 g/mol. The van der Waals surface area contributed by atoms with Crippen molar-refractivity contribution in [2.45, 2.75) is 0 Å². The molecule has 0 unspecified atom stereocenters. The maximum Gasteiger partial charge on any atom is 0.338 e. The summed E-state index contributed by atoms with van der Waals surface area (Å²) in [6, 6.07) is 10.4. The van der Waals surface area contributed by atoms with Gasteiger partial charge in [0.25, 0.3) is 0 Å². The summed E-state index contributed by atoms with van der Waals surface area (Å²) in [5.74, 6) is -0.443. The third-order valence-electron chi connectivity index (χ3n) is 1.55. The van der Waals surface area contributed by atoms with Crippen molar-refractivity contribution in [1.82, 2.24) is 0 Å². The van der Waals surface area contributed by atoms with Gasteiger partial charge in [-0.25, -0.2) is 4.79 Å². The molecular weight excluding hydrogens is 178 g/mol. The lowest BCUT2D eigenvalue weighted by Crippen LogP contribution is -2.06. The van der Waals surface area contributed by atoms with Crippen LogP contribution in [0.1, 0.15) is 10.4 Å². The Balaban J connectivity index is 2.53. The van der Waals surface area contributed by atoms with Gasteiger partial charge in [-0.3, -0.25) is 0 Å². The number of carbonyl (C=O) groups is 1. The number of carbonyl (C=O) groups excluding carboxylic acids is 1. The molecule has 0 spiro atoms. The van der Waals surface area contributed by atoms with Crippen molar-refractivity contribution in [3.63, 3.8) is 0 Å².